The molecule has 0 N–H and O–H groups in total. The van der Waals surface area contributed by atoms with Crippen LogP contribution in [0.1, 0.15) is 46.1 Å². The third-order valence-electron chi connectivity index (χ3n) is 6.17. The van der Waals surface area contributed by atoms with E-state index in [1.54, 1.807) is 24.3 Å². The molecule has 4 heteroatoms. The number of benzene rings is 3. The second kappa shape index (κ2) is 6.57. The second-order valence-electron chi connectivity index (χ2n) is 7.84. The van der Waals surface area contributed by atoms with Crippen molar-refractivity contribution in [2.75, 3.05) is 6.61 Å². The molecule has 3 aromatic carbocycles. The highest BCUT2D eigenvalue weighted by molar-refractivity contribution is 7.86. The van der Waals surface area contributed by atoms with Gasteiger partial charge in [0.2, 0.25) is 0 Å². The summed E-state index contributed by atoms with van der Waals surface area (Å²) in [5, 5.41) is 0. The lowest BCUT2D eigenvalue weighted by Crippen LogP contribution is -2.34. The maximum Gasteiger partial charge on any atom is 0.296 e. The van der Waals surface area contributed by atoms with E-state index in [1.165, 1.54) is 22.3 Å². The zero-order valence-electron chi connectivity index (χ0n) is 15.7. The van der Waals surface area contributed by atoms with Crippen molar-refractivity contribution in [3.05, 3.63) is 101 Å². The first kappa shape index (κ1) is 17.7. The van der Waals surface area contributed by atoms with Crippen LogP contribution in [0.4, 0.5) is 0 Å². The third kappa shape index (κ3) is 2.79. The van der Waals surface area contributed by atoms with Crippen molar-refractivity contribution in [2.24, 2.45) is 5.92 Å². The molecule has 0 fully saturated rings. The summed E-state index contributed by atoms with van der Waals surface area (Å²) in [4.78, 5) is 0.222. The number of hydrogen-bond donors (Lipinski definition) is 0. The molecule has 28 heavy (non-hydrogen) atoms. The molecule has 1 atom stereocenters. The summed E-state index contributed by atoms with van der Waals surface area (Å²) in [6, 6.07) is 23.9. The summed E-state index contributed by atoms with van der Waals surface area (Å²) in [5.74, 6) is 0.647. The van der Waals surface area contributed by atoms with Gasteiger partial charge in [0.15, 0.2) is 0 Å². The van der Waals surface area contributed by atoms with Crippen molar-refractivity contribution in [2.45, 2.75) is 30.1 Å². The van der Waals surface area contributed by atoms with Crippen LogP contribution in [-0.4, -0.2) is 15.0 Å². The zero-order valence-corrected chi connectivity index (χ0v) is 16.5. The zero-order chi connectivity index (χ0) is 19.3. The van der Waals surface area contributed by atoms with E-state index in [0.717, 1.165) is 12.0 Å². The van der Waals surface area contributed by atoms with E-state index in [2.05, 4.69) is 48.5 Å². The topological polar surface area (TPSA) is 43.4 Å². The Kier molecular flexibility index (Phi) is 4.14. The predicted molar refractivity (Wildman–Crippen MR) is 109 cm³/mol. The van der Waals surface area contributed by atoms with Crippen molar-refractivity contribution in [3.63, 3.8) is 0 Å². The molecule has 0 aliphatic heterocycles. The van der Waals surface area contributed by atoms with E-state index in [9.17, 15) is 8.42 Å². The summed E-state index contributed by atoms with van der Waals surface area (Å²) < 4.78 is 30.9. The van der Waals surface area contributed by atoms with Crippen LogP contribution in [-0.2, 0) is 14.3 Å². The summed E-state index contributed by atoms with van der Waals surface area (Å²) >= 11 is 0. The van der Waals surface area contributed by atoms with Gasteiger partial charge in [-0.1, -0.05) is 66.2 Å². The minimum atomic E-state index is -3.75. The van der Waals surface area contributed by atoms with Crippen LogP contribution in [0.5, 0.6) is 0 Å². The SMILES string of the molecule is Cc1ccc(S(=O)(=O)OC[C@H]2CC3c4ccccc4C2c2ccccc23)cc1. The van der Waals surface area contributed by atoms with Gasteiger partial charge in [0.25, 0.3) is 10.1 Å². The van der Waals surface area contributed by atoms with Gasteiger partial charge in [0, 0.05) is 11.8 Å². The summed E-state index contributed by atoms with van der Waals surface area (Å²) in [5.41, 5.74) is 6.42. The van der Waals surface area contributed by atoms with E-state index in [4.69, 9.17) is 4.18 Å². The molecular formula is C24H22O3S. The smallest absolute Gasteiger partial charge is 0.266 e. The summed E-state index contributed by atoms with van der Waals surface area (Å²) in [7, 11) is -3.75. The van der Waals surface area contributed by atoms with Crippen molar-refractivity contribution in [1.82, 2.24) is 0 Å². The molecule has 3 aliphatic rings. The fraction of sp³-hybridized carbons (Fsp3) is 0.250. The molecule has 0 radical (unpaired) electrons. The van der Waals surface area contributed by atoms with Crippen LogP contribution in [0.15, 0.2) is 77.7 Å². The molecule has 0 heterocycles. The normalized spacial score (nSPS) is 22.5. The molecular weight excluding hydrogens is 368 g/mol. The Labute approximate surface area is 166 Å². The molecule has 0 aromatic heterocycles. The van der Waals surface area contributed by atoms with Crippen molar-refractivity contribution >= 4 is 10.1 Å². The molecule has 3 aliphatic carbocycles. The van der Waals surface area contributed by atoms with E-state index in [1.807, 2.05) is 6.92 Å². The maximum atomic E-state index is 12.7. The van der Waals surface area contributed by atoms with Gasteiger partial charge in [-0.15, -0.1) is 0 Å². The first-order valence-electron chi connectivity index (χ1n) is 9.68. The van der Waals surface area contributed by atoms with Crippen LogP contribution < -0.4 is 0 Å². The highest BCUT2D eigenvalue weighted by Gasteiger charge is 2.43. The first-order valence-corrected chi connectivity index (χ1v) is 11.1. The first-order chi connectivity index (χ1) is 13.5. The van der Waals surface area contributed by atoms with Gasteiger partial charge < -0.3 is 0 Å². The van der Waals surface area contributed by atoms with Gasteiger partial charge in [-0.05, 0) is 53.6 Å². The molecule has 6 rings (SSSR count). The van der Waals surface area contributed by atoms with Gasteiger partial charge in [-0.25, -0.2) is 0 Å². The number of fused-ring (bicyclic) bond motifs is 1. The van der Waals surface area contributed by atoms with Gasteiger partial charge in [0.1, 0.15) is 0 Å². The molecule has 0 saturated heterocycles. The minimum absolute atomic E-state index is 0.148. The predicted octanol–water partition coefficient (Wildman–Crippen LogP) is 5.00. The largest absolute Gasteiger partial charge is 0.296 e. The Bertz CT molecular complexity index is 1090. The molecule has 2 bridgehead atoms. The Morgan fingerprint density at radius 1 is 0.821 bits per heavy atom. The van der Waals surface area contributed by atoms with E-state index in [-0.39, 0.29) is 23.3 Å². The average molecular weight is 391 g/mol. The number of hydrogen-bond acceptors (Lipinski definition) is 3. The Morgan fingerprint density at radius 2 is 1.36 bits per heavy atom. The van der Waals surface area contributed by atoms with Gasteiger partial charge in [-0.3, -0.25) is 4.18 Å². The maximum absolute atomic E-state index is 12.7. The van der Waals surface area contributed by atoms with Gasteiger partial charge in [-0.2, -0.15) is 8.42 Å². The molecule has 3 aromatic rings. The Hall–Kier alpha value is -2.43. The van der Waals surface area contributed by atoms with E-state index < -0.39 is 10.1 Å². The standard InChI is InChI=1S/C24H22O3S/c1-16-10-12-18(13-11-16)28(25,26)27-15-17-14-23-19-6-2-4-8-21(19)24(17)22-9-5-3-7-20(22)23/h2-13,17,23-24H,14-15H2,1H3/t17-,23?,24?/m1/s1. The van der Waals surface area contributed by atoms with Crippen molar-refractivity contribution in [3.8, 4) is 0 Å². The van der Waals surface area contributed by atoms with Gasteiger partial charge >= 0.3 is 0 Å². The van der Waals surface area contributed by atoms with Crippen LogP contribution in [0.2, 0.25) is 0 Å². The second-order valence-corrected chi connectivity index (χ2v) is 9.45. The quantitative estimate of drug-likeness (QED) is 0.589. The monoisotopic (exact) mass is 390 g/mol. The average Bonchev–Trinajstić information content (AvgIpc) is 2.73. The molecule has 0 saturated carbocycles. The van der Waals surface area contributed by atoms with Crippen LogP contribution in [0, 0.1) is 12.8 Å². The highest BCUT2D eigenvalue weighted by Crippen LogP contribution is 2.55. The van der Waals surface area contributed by atoms with Crippen LogP contribution in [0.25, 0.3) is 0 Å². The van der Waals surface area contributed by atoms with E-state index >= 15 is 0 Å². The fourth-order valence-corrected chi connectivity index (χ4v) is 5.83. The minimum Gasteiger partial charge on any atom is -0.266 e. The molecule has 3 nitrogen and oxygen atoms in total. The van der Waals surface area contributed by atoms with Gasteiger partial charge in [0.05, 0.1) is 11.5 Å². The number of aryl methyl sites for hydroxylation is 1. The lowest BCUT2D eigenvalue weighted by atomic mass is 9.59. The molecule has 0 amide bonds. The van der Waals surface area contributed by atoms with Crippen molar-refractivity contribution < 1.29 is 12.6 Å². The van der Waals surface area contributed by atoms with Crippen LogP contribution >= 0.6 is 0 Å². The molecule has 142 valence electrons. The third-order valence-corrected chi connectivity index (χ3v) is 7.47. The van der Waals surface area contributed by atoms with E-state index in [0.29, 0.717) is 5.92 Å². The fourth-order valence-electron chi connectivity index (χ4n) is 4.87. The Balaban J connectivity index is 1.46. The lowest BCUT2D eigenvalue weighted by Gasteiger charge is -2.45. The highest BCUT2D eigenvalue weighted by atomic mass is 32.2. The Morgan fingerprint density at radius 3 is 1.93 bits per heavy atom. The summed E-state index contributed by atoms with van der Waals surface area (Å²) in [6.07, 6.45) is 0.919. The number of rotatable bonds is 4. The van der Waals surface area contributed by atoms with Crippen molar-refractivity contribution in [1.29, 1.82) is 0 Å². The molecule has 0 unspecified atom stereocenters. The lowest BCUT2D eigenvalue weighted by molar-refractivity contribution is 0.209. The van der Waals surface area contributed by atoms with Crippen LogP contribution in [0.3, 0.4) is 0 Å². The summed E-state index contributed by atoms with van der Waals surface area (Å²) in [6.45, 7) is 2.14. The molecule has 0 spiro atoms.